The number of hydrogen-bond donors (Lipinski definition) is 1. The third kappa shape index (κ3) is 5.03. The van der Waals surface area contributed by atoms with Crippen LogP contribution in [-0.2, 0) is 6.54 Å². The third-order valence-corrected chi connectivity index (χ3v) is 5.56. The van der Waals surface area contributed by atoms with Crippen LogP contribution in [0.1, 0.15) is 33.3 Å². The Kier molecular flexibility index (Phi) is 8.20. The van der Waals surface area contributed by atoms with Crippen LogP contribution in [0.4, 0.5) is 0 Å². The van der Waals surface area contributed by atoms with Gasteiger partial charge in [0.2, 0.25) is 0 Å². The highest BCUT2D eigenvalue weighted by molar-refractivity contribution is 14.0. The van der Waals surface area contributed by atoms with Gasteiger partial charge in [0.15, 0.2) is 5.96 Å². The van der Waals surface area contributed by atoms with Crippen LogP contribution in [0.2, 0.25) is 0 Å². The summed E-state index contributed by atoms with van der Waals surface area (Å²) >= 11 is 0. The average Bonchev–Trinajstić information content (AvgIpc) is 2.55. The molecule has 0 saturated carbocycles. The number of nitrogens with one attached hydrogen (secondary N) is 1. The van der Waals surface area contributed by atoms with E-state index in [4.69, 9.17) is 4.74 Å². The van der Waals surface area contributed by atoms with E-state index in [9.17, 15) is 0 Å². The van der Waals surface area contributed by atoms with E-state index in [2.05, 4.69) is 74.0 Å². The van der Waals surface area contributed by atoms with Gasteiger partial charge in [0.05, 0.1) is 0 Å². The largest absolute Gasteiger partial charge is 0.492 e. The number of nitrogens with zero attached hydrogens (tertiary/aromatic N) is 3. The molecule has 1 fully saturated rings. The highest BCUT2D eigenvalue weighted by Crippen LogP contribution is 2.46. The smallest absolute Gasteiger partial charge is 0.194 e. The molecule has 0 spiro atoms. The maximum absolute atomic E-state index is 5.95. The minimum atomic E-state index is 0. The lowest BCUT2D eigenvalue weighted by atomic mass is 9.65. The van der Waals surface area contributed by atoms with Crippen molar-refractivity contribution in [2.24, 2.45) is 10.4 Å². The van der Waals surface area contributed by atoms with Crippen LogP contribution < -0.4 is 10.1 Å². The average molecular weight is 474 g/mol. The summed E-state index contributed by atoms with van der Waals surface area (Å²) in [5, 5.41) is 3.51. The predicted molar refractivity (Wildman–Crippen MR) is 121 cm³/mol. The second-order valence-electron chi connectivity index (χ2n) is 8.19. The van der Waals surface area contributed by atoms with Crippen LogP contribution in [0.25, 0.3) is 0 Å². The molecule has 1 aromatic rings. The quantitative estimate of drug-likeness (QED) is 0.390. The number of likely N-dealkylation sites (N-methyl/N-ethyl adjacent to an activating group) is 1. The SMILES string of the molecule is CN=C(NCc1ccccc1OCCN(C)C)N1CC(C)(C)C1(C)C.I. The summed E-state index contributed by atoms with van der Waals surface area (Å²) in [7, 11) is 5.96. The van der Waals surface area contributed by atoms with Gasteiger partial charge < -0.3 is 19.9 Å². The topological polar surface area (TPSA) is 40.1 Å². The maximum atomic E-state index is 5.95. The molecular formula is C20H35IN4O. The molecule has 0 radical (unpaired) electrons. The molecule has 1 N–H and O–H groups in total. The Morgan fingerprint density at radius 3 is 2.42 bits per heavy atom. The highest BCUT2D eigenvalue weighted by Gasteiger charge is 2.53. The van der Waals surface area contributed by atoms with Crippen molar-refractivity contribution in [1.29, 1.82) is 0 Å². The van der Waals surface area contributed by atoms with Gasteiger partial charge in [0, 0.05) is 43.2 Å². The summed E-state index contributed by atoms with van der Waals surface area (Å²) in [5.41, 5.74) is 1.54. The van der Waals surface area contributed by atoms with E-state index >= 15 is 0 Å². The maximum Gasteiger partial charge on any atom is 0.194 e. The van der Waals surface area contributed by atoms with Crippen molar-refractivity contribution in [3.05, 3.63) is 29.8 Å². The molecule has 0 unspecified atom stereocenters. The first-order valence-electron chi connectivity index (χ1n) is 9.03. The Morgan fingerprint density at radius 2 is 1.88 bits per heavy atom. The standard InChI is InChI=1S/C20H34N4O.HI/c1-19(2)15-24(20(19,3)4)18(21-5)22-14-16-10-8-9-11-17(16)25-13-12-23(6)7;/h8-11H,12-15H2,1-7H3,(H,21,22);1H. The van der Waals surface area contributed by atoms with E-state index in [0.717, 1.165) is 30.4 Å². The van der Waals surface area contributed by atoms with Crippen molar-refractivity contribution >= 4 is 29.9 Å². The van der Waals surface area contributed by atoms with Gasteiger partial charge in [0.1, 0.15) is 12.4 Å². The molecule has 2 rings (SSSR count). The van der Waals surface area contributed by atoms with Gasteiger partial charge in [-0.25, -0.2) is 0 Å². The Hall–Kier alpha value is -1.02. The van der Waals surface area contributed by atoms with Crippen molar-refractivity contribution in [2.75, 3.05) is 40.8 Å². The summed E-state index contributed by atoms with van der Waals surface area (Å²) in [4.78, 5) is 8.96. The van der Waals surface area contributed by atoms with Gasteiger partial charge in [-0.15, -0.1) is 24.0 Å². The molecule has 1 aromatic carbocycles. The second kappa shape index (κ2) is 9.26. The van der Waals surface area contributed by atoms with E-state index in [-0.39, 0.29) is 34.9 Å². The van der Waals surface area contributed by atoms with Crippen LogP contribution in [0, 0.1) is 5.41 Å². The Balaban J connectivity index is 0.00000338. The fourth-order valence-corrected chi connectivity index (χ4v) is 3.00. The fourth-order valence-electron chi connectivity index (χ4n) is 3.00. The van der Waals surface area contributed by atoms with Gasteiger partial charge in [-0.3, -0.25) is 4.99 Å². The van der Waals surface area contributed by atoms with Crippen molar-refractivity contribution in [1.82, 2.24) is 15.1 Å². The lowest BCUT2D eigenvalue weighted by molar-refractivity contribution is -0.0668. The van der Waals surface area contributed by atoms with Crippen molar-refractivity contribution in [2.45, 2.75) is 39.8 Å². The molecule has 148 valence electrons. The first kappa shape index (κ1) is 23.0. The van der Waals surface area contributed by atoms with E-state index in [1.807, 2.05) is 19.2 Å². The lowest BCUT2D eigenvalue weighted by Crippen LogP contribution is -2.72. The molecule has 0 atom stereocenters. The number of hydrogen-bond acceptors (Lipinski definition) is 3. The van der Waals surface area contributed by atoms with Gasteiger partial charge in [-0.05, 0) is 34.0 Å². The molecule has 5 nitrogen and oxygen atoms in total. The first-order chi connectivity index (χ1) is 11.7. The molecule has 6 heteroatoms. The lowest BCUT2D eigenvalue weighted by Gasteiger charge is -2.62. The zero-order valence-corrected chi connectivity index (χ0v) is 19.6. The van der Waals surface area contributed by atoms with Gasteiger partial charge in [-0.2, -0.15) is 0 Å². The number of benzene rings is 1. The molecule has 1 saturated heterocycles. The second-order valence-corrected chi connectivity index (χ2v) is 8.19. The molecular weight excluding hydrogens is 439 g/mol. The van der Waals surface area contributed by atoms with Crippen LogP contribution in [-0.4, -0.2) is 62.1 Å². The fraction of sp³-hybridized carbons (Fsp3) is 0.650. The van der Waals surface area contributed by atoms with Crippen LogP contribution >= 0.6 is 24.0 Å². The normalized spacial score (nSPS) is 18.2. The van der Waals surface area contributed by atoms with Crippen molar-refractivity contribution in [3.63, 3.8) is 0 Å². The number of guanidine groups is 1. The van der Waals surface area contributed by atoms with E-state index in [0.29, 0.717) is 13.2 Å². The summed E-state index contributed by atoms with van der Waals surface area (Å²) < 4.78 is 5.95. The summed E-state index contributed by atoms with van der Waals surface area (Å²) in [6.07, 6.45) is 0. The Bertz CT molecular complexity index is 614. The zero-order valence-electron chi connectivity index (χ0n) is 17.3. The van der Waals surface area contributed by atoms with Crippen molar-refractivity contribution < 1.29 is 4.74 Å². The number of aliphatic imine (C=N–C) groups is 1. The summed E-state index contributed by atoms with van der Waals surface area (Å²) in [5.74, 6) is 1.89. The minimum Gasteiger partial charge on any atom is -0.492 e. The molecule has 0 amide bonds. The minimum absolute atomic E-state index is 0. The highest BCUT2D eigenvalue weighted by atomic mass is 127. The molecule has 0 aromatic heterocycles. The Labute approximate surface area is 176 Å². The molecule has 0 bridgehead atoms. The van der Waals surface area contributed by atoms with Crippen LogP contribution in [0.15, 0.2) is 29.3 Å². The first-order valence-corrected chi connectivity index (χ1v) is 9.03. The van der Waals surface area contributed by atoms with E-state index < -0.39 is 0 Å². The monoisotopic (exact) mass is 474 g/mol. The van der Waals surface area contributed by atoms with Gasteiger partial charge in [0.25, 0.3) is 0 Å². The molecule has 26 heavy (non-hydrogen) atoms. The number of ether oxygens (including phenoxy) is 1. The predicted octanol–water partition coefficient (Wildman–Crippen LogP) is 3.44. The molecule has 0 aliphatic carbocycles. The van der Waals surface area contributed by atoms with Crippen molar-refractivity contribution in [3.8, 4) is 5.75 Å². The Morgan fingerprint density at radius 1 is 1.23 bits per heavy atom. The molecule has 1 aliphatic heterocycles. The summed E-state index contributed by atoms with van der Waals surface area (Å²) in [6, 6.07) is 8.21. The third-order valence-electron chi connectivity index (χ3n) is 5.56. The number of rotatable bonds is 6. The number of halogens is 1. The summed E-state index contributed by atoms with van der Waals surface area (Å²) in [6.45, 7) is 12.5. The van der Waals surface area contributed by atoms with Crippen LogP contribution in [0.3, 0.4) is 0 Å². The van der Waals surface area contributed by atoms with Gasteiger partial charge in [-0.1, -0.05) is 32.0 Å². The molecule has 1 heterocycles. The van der Waals surface area contributed by atoms with Crippen LogP contribution in [0.5, 0.6) is 5.75 Å². The van der Waals surface area contributed by atoms with E-state index in [1.54, 1.807) is 0 Å². The number of likely N-dealkylation sites (tertiary alicyclic amines) is 1. The number of para-hydroxylation sites is 1. The van der Waals surface area contributed by atoms with Gasteiger partial charge >= 0.3 is 0 Å². The van der Waals surface area contributed by atoms with E-state index in [1.165, 1.54) is 0 Å². The zero-order chi connectivity index (χ0) is 18.7. The molecule has 1 aliphatic rings.